The summed E-state index contributed by atoms with van der Waals surface area (Å²) in [6.45, 7) is 6.02. The molecular formula is C43H29NOS. The van der Waals surface area contributed by atoms with Gasteiger partial charge in [-0.3, -0.25) is 0 Å². The third-order valence-electron chi connectivity index (χ3n) is 9.09. The maximum atomic E-state index is 6.14. The largest absolute Gasteiger partial charge is 0.456 e. The minimum absolute atomic E-state index is 0.798. The molecule has 0 aliphatic heterocycles. The maximum absolute atomic E-state index is 6.14. The molecular weight excluding hydrogens is 579 g/mol. The van der Waals surface area contributed by atoms with E-state index in [2.05, 4.69) is 151 Å². The first-order valence-electron chi connectivity index (χ1n) is 15.6. The van der Waals surface area contributed by atoms with Crippen LogP contribution in [0.1, 0.15) is 18.2 Å². The van der Waals surface area contributed by atoms with Gasteiger partial charge in [0.15, 0.2) is 0 Å². The first-order valence-corrected chi connectivity index (χ1v) is 16.4. The van der Waals surface area contributed by atoms with Gasteiger partial charge in [0.2, 0.25) is 0 Å². The van der Waals surface area contributed by atoms with Crippen molar-refractivity contribution in [2.24, 2.45) is 0 Å². The number of hydrogen-bond acceptors (Lipinski definition) is 2. The molecule has 0 saturated heterocycles. The van der Waals surface area contributed by atoms with E-state index < -0.39 is 0 Å². The monoisotopic (exact) mass is 607 g/mol. The normalized spacial score (nSPS) is 12.0. The second-order valence-corrected chi connectivity index (χ2v) is 12.7. The Kier molecular flexibility index (Phi) is 6.09. The Morgan fingerprint density at radius 1 is 0.609 bits per heavy atom. The lowest BCUT2D eigenvalue weighted by molar-refractivity contribution is 0.603. The van der Waals surface area contributed by atoms with Gasteiger partial charge >= 0.3 is 0 Å². The predicted octanol–water partition coefficient (Wildman–Crippen LogP) is 12.9. The third kappa shape index (κ3) is 3.95. The van der Waals surface area contributed by atoms with E-state index in [9.17, 15) is 0 Å². The van der Waals surface area contributed by atoms with E-state index in [0.29, 0.717) is 0 Å². The first kappa shape index (κ1) is 26.7. The lowest BCUT2D eigenvalue weighted by atomic mass is 9.95. The topological polar surface area (TPSA) is 18.1 Å². The number of fused-ring (bicyclic) bond motifs is 7. The van der Waals surface area contributed by atoms with Crippen molar-refractivity contribution in [1.29, 1.82) is 0 Å². The molecule has 0 spiro atoms. The van der Waals surface area contributed by atoms with Crippen molar-refractivity contribution in [3.63, 3.8) is 0 Å². The minimum Gasteiger partial charge on any atom is -0.456 e. The number of thiophene rings is 1. The van der Waals surface area contributed by atoms with Crippen LogP contribution in [0.4, 0.5) is 0 Å². The van der Waals surface area contributed by atoms with Crippen molar-refractivity contribution in [2.75, 3.05) is 0 Å². The zero-order chi connectivity index (χ0) is 30.8. The molecule has 0 bridgehead atoms. The van der Waals surface area contributed by atoms with Crippen LogP contribution in [-0.4, -0.2) is 4.57 Å². The Labute approximate surface area is 270 Å². The summed E-state index contributed by atoms with van der Waals surface area (Å²) in [4.78, 5) is 0. The highest BCUT2D eigenvalue weighted by molar-refractivity contribution is 7.26. The summed E-state index contributed by atoms with van der Waals surface area (Å²) < 4.78 is 11.2. The molecule has 9 aromatic rings. The van der Waals surface area contributed by atoms with Crippen LogP contribution < -0.4 is 0 Å². The van der Waals surface area contributed by atoms with Crippen LogP contribution in [0.2, 0.25) is 0 Å². The first-order chi connectivity index (χ1) is 22.7. The van der Waals surface area contributed by atoms with Gasteiger partial charge < -0.3 is 8.98 Å². The summed E-state index contributed by atoms with van der Waals surface area (Å²) in [5.74, 6) is 0.798. The quantitative estimate of drug-likeness (QED) is 0.190. The molecule has 3 heteroatoms. The average molecular weight is 608 g/mol. The third-order valence-corrected chi connectivity index (χ3v) is 10.4. The highest BCUT2D eigenvalue weighted by atomic mass is 32.1. The molecule has 3 heterocycles. The van der Waals surface area contributed by atoms with Crippen LogP contribution in [0, 0.1) is 0 Å². The Bertz CT molecular complexity index is 2610. The second kappa shape index (κ2) is 10.5. The van der Waals surface area contributed by atoms with Gasteiger partial charge in [-0.25, -0.2) is 0 Å². The molecule has 9 rings (SSSR count). The standard InChI is InChI=1S/C43H29NOS/c1-3-13-32-35-24-28(22-23-41(35)45-40(32)4-2)29-25-34(27-14-6-5-7-15-27)42-36(26-29)33-18-12-21-39(43(33)46-42)44-37-19-10-8-16-30(37)31-17-9-11-20-38(31)44/h3-26H,2H2,1H3/b13-3-. The molecule has 0 fully saturated rings. The summed E-state index contributed by atoms with van der Waals surface area (Å²) in [6.07, 6.45) is 5.95. The number of aromatic nitrogens is 1. The van der Waals surface area contributed by atoms with Gasteiger partial charge in [-0.05, 0) is 72.2 Å². The number of para-hydroxylation sites is 2. The summed E-state index contributed by atoms with van der Waals surface area (Å²) in [6, 6.07) is 46.3. The fourth-order valence-electron chi connectivity index (χ4n) is 7.05. The Morgan fingerprint density at radius 2 is 1.30 bits per heavy atom. The molecule has 2 nitrogen and oxygen atoms in total. The molecule has 0 saturated carbocycles. The van der Waals surface area contributed by atoms with Gasteiger partial charge in [-0.2, -0.15) is 0 Å². The molecule has 0 amide bonds. The highest BCUT2D eigenvalue weighted by Gasteiger charge is 2.19. The number of rotatable bonds is 5. The zero-order valence-corrected chi connectivity index (χ0v) is 26.1. The minimum atomic E-state index is 0.798. The summed E-state index contributed by atoms with van der Waals surface area (Å²) in [5, 5.41) is 6.18. The molecule has 0 radical (unpaired) electrons. The van der Waals surface area contributed by atoms with Crippen molar-refractivity contribution in [2.45, 2.75) is 6.92 Å². The van der Waals surface area contributed by atoms with Crippen molar-refractivity contribution >= 4 is 76.4 Å². The number of benzene rings is 6. The lowest BCUT2D eigenvalue weighted by Gasteiger charge is -2.10. The van der Waals surface area contributed by atoms with E-state index in [1.807, 2.05) is 18.3 Å². The summed E-state index contributed by atoms with van der Waals surface area (Å²) in [7, 11) is 0. The summed E-state index contributed by atoms with van der Waals surface area (Å²) >= 11 is 1.89. The van der Waals surface area contributed by atoms with E-state index >= 15 is 0 Å². The summed E-state index contributed by atoms with van der Waals surface area (Å²) in [5.41, 5.74) is 10.4. The van der Waals surface area contributed by atoms with Crippen molar-refractivity contribution in [3.8, 4) is 27.9 Å². The van der Waals surface area contributed by atoms with E-state index in [1.165, 1.54) is 64.4 Å². The van der Waals surface area contributed by atoms with E-state index in [-0.39, 0.29) is 0 Å². The maximum Gasteiger partial charge on any atom is 0.135 e. The fourth-order valence-corrected chi connectivity index (χ4v) is 8.37. The highest BCUT2D eigenvalue weighted by Crippen LogP contribution is 2.46. The van der Waals surface area contributed by atoms with Gasteiger partial charge in [-0.15, -0.1) is 11.3 Å². The van der Waals surface area contributed by atoms with E-state index in [4.69, 9.17) is 4.42 Å². The van der Waals surface area contributed by atoms with Crippen LogP contribution in [0.15, 0.2) is 144 Å². The van der Waals surface area contributed by atoms with Gasteiger partial charge in [0.1, 0.15) is 11.3 Å². The molecule has 46 heavy (non-hydrogen) atoms. The lowest BCUT2D eigenvalue weighted by Crippen LogP contribution is -1.93. The Morgan fingerprint density at radius 3 is 2.04 bits per heavy atom. The molecule has 0 unspecified atom stereocenters. The van der Waals surface area contributed by atoms with Crippen LogP contribution in [0.5, 0.6) is 0 Å². The number of furan rings is 1. The second-order valence-electron chi connectivity index (χ2n) is 11.7. The van der Waals surface area contributed by atoms with Crippen molar-refractivity contribution < 1.29 is 4.42 Å². The van der Waals surface area contributed by atoms with E-state index in [0.717, 1.165) is 27.9 Å². The SMILES string of the molecule is C=Cc1oc2ccc(-c3cc(-c4ccccc4)c4sc5c(-n6c7ccccc7c7ccccc76)cccc5c4c3)cc2c1/C=C\C. The predicted molar refractivity (Wildman–Crippen MR) is 199 cm³/mol. The Balaban J connectivity index is 1.35. The number of nitrogens with zero attached hydrogens (tertiary/aromatic N) is 1. The number of hydrogen-bond donors (Lipinski definition) is 0. The van der Waals surface area contributed by atoms with Crippen molar-refractivity contribution in [3.05, 3.63) is 151 Å². The van der Waals surface area contributed by atoms with Gasteiger partial charge in [0, 0.05) is 42.8 Å². The van der Waals surface area contributed by atoms with Crippen LogP contribution in [-0.2, 0) is 0 Å². The molecule has 0 aliphatic rings. The van der Waals surface area contributed by atoms with Gasteiger partial charge in [0.05, 0.1) is 21.4 Å². The van der Waals surface area contributed by atoms with E-state index in [1.54, 1.807) is 6.08 Å². The zero-order valence-electron chi connectivity index (χ0n) is 25.3. The molecule has 0 atom stereocenters. The van der Waals surface area contributed by atoms with Gasteiger partial charge in [0.25, 0.3) is 0 Å². The molecule has 0 N–H and O–H groups in total. The smallest absolute Gasteiger partial charge is 0.135 e. The average Bonchev–Trinajstić information content (AvgIpc) is 3.78. The van der Waals surface area contributed by atoms with Crippen LogP contribution >= 0.6 is 11.3 Å². The van der Waals surface area contributed by atoms with Crippen LogP contribution in [0.3, 0.4) is 0 Å². The van der Waals surface area contributed by atoms with Crippen LogP contribution in [0.25, 0.3) is 93.0 Å². The molecule has 6 aromatic carbocycles. The molecule has 0 aliphatic carbocycles. The number of allylic oxidation sites excluding steroid dienone is 1. The van der Waals surface area contributed by atoms with Crippen molar-refractivity contribution in [1.82, 2.24) is 4.57 Å². The Hall–Kier alpha value is -5.64. The molecule has 218 valence electrons. The van der Waals surface area contributed by atoms with Gasteiger partial charge in [-0.1, -0.05) is 104 Å². The fraction of sp³-hybridized carbons (Fsp3) is 0.0233. The molecule has 3 aromatic heterocycles.